The zero-order valence-corrected chi connectivity index (χ0v) is 12.7. The number of nitrogens with zero attached hydrogens (tertiary/aromatic N) is 2. The number of hydrazone groups is 1. The van der Waals surface area contributed by atoms with E-state index in [1.807, 2.05) is 0 Å². The molecule has 0 bridgehead atoms. The number of amides is 1. The molecule has 1 aliphatic heterocycles. The van der Waals surface area contributed by atoms with Crippen molar-refractivity contribution in [1.29, 1.82) is 0 Å². The Hall–Kier alpha value is -1.64. The molecule has 9 heteroatoms. The van der Waals surface area contributed by atoms with Crippen LogP contribution >= 0.6 is 0 Å². The van der Waals surface area contributed by atoms with Crippen molar-refractivity contribution >= 4 is 17.6 Å². The molecule has 1 fully saturated rings. The SMILES string of the molecule is CCOC(=O)C(=O)N1N=C(C2CCCCC2)CC1(O)C(F)(F)F. The molecule has 1 N–H and O–H groups in total. The summed E-state index contributed by atoms with van der Waals surface area (Å²) >= 11 is 0. The van der Waals surface area contributed by atoms with E-state index in [2.05, 4.69) is 9.84 Å². The fourth-order valence-corrected chi connectivity index (χ4v) is 2.95. The predicted molar refractivity (Wildman–Crippen MR) is 73.1 cm³/mol. The molecule has 1 saturated carbocycles. The highest BCUT2D eigenvalue weighted by atomic mass is 19.4. The molecular weight excluding hydrogens is 317 g/mol. The lowest BCUT2D eigenvalue weighted by atomic mass is 9.83. The first-order chi connectivity index (χ1) is 10.7. The average Bonchev–Trinajstić information content (AvgIpc) is 2.86. The van der Waals surface area contributed by atoms with Gasteiger partial charge in [-0.1, -0.05) is 19.3 Å². The molecule has 0 saturated heterocycles. The van der Waals surface area contributed by atoms with Gasteiger partial charge in [-0.3, -0.25) is 4.79 Å². The van der Waals surface area contributed by atoms with Gasteiger partial charge in [0.1, 0.15) is 0 Å². The van der Waals surface area contributed by atoms with Gasteiger partial charge in [-0.15, -0.1) is 0 Å². The highest BCUT2D eigenvalue weighted by molar-refractivity contribution is 6.32. The fourth-order valence-electron chi connectivity index (χ4n) is 2.95. The number of alkyl halides is 3. The number of ether oxygens (including phenoxy) is 1. The molecule has 0 aromatic carbocycles. The number of carbonyl (C=O) groups is 2. The normalized spacial score (nSPS) is 26.1. The molecule has 0 spiro atoms. The van der Waals surface area contributed by atoms with E-state index in [0.717, 1.165) is 19.3 Å². The van der Waals surface area contributed by atoms with Crippen LogP contribution in [-0.4, -0.2) is 46.2 Å². The third kappa shape index (κ3) is 3.34. The van der Waals surface area contributed by atoms with Crippen molar-refractivity contribution in [3.05, 3.63) is 0 Å². The van der Waals surface area contributed by atoms with Gasteiger partial charge >= 0.3 is 18.1 Å². The quantitative estimate of drug-likeness (QED) is 0.618. The summed E-state index contributed by atoms with van der Waals surface area (Å²) in [5, 5.41) is 13.5. The van der Waals surface area contributed by atoms with Crippen LogP contribution in [-0.2, 0) is 14.3 Å². The van der Waals surface area contributed by atoms with Crippen molar-refractivity contribution in [2.45, 2.75) is 57.3 Å². The monoisotopic (exact) mass is 336 g/mol. The van der Waals surface area contributed by atoms with Crippen molar-refractivity contribution in [3.8, 4) is 0 Å². The Labute approximate surface area is 131 Å². The Morgan fingerprint density at radius 1 is 1.35 bits per heavy atom. The number of halogens is 3. The second-order valence-corrected chi connectivity index (χ2v) is 5.75. The first-order valence-corrected chi connectivity index (χ1v) is 7.58. The Balaban J connectivity index is 2.30. The molecule has 0 radical (unpaired) electrons. The minimum atomic E-state index is -5.13. The van der Waals surface area contributed by atoms with Crippen LogP contribution in [0.1, 0.15) is 45.4 Å². The third-order valence-corrected chi connectivity index (χ3v) is 4.18. The van der Waals surface area contributed by atoms with Crippen molar-refractivity contribution in [3.63, 3.8) is 0 Å². The van der Waals surface area contributed by atoms with Crippen molar-refractivity contribution in [1.82, 2.24) is 5.01 Å². The molecule has 2 rings (SSSR count). The highest BCUT2D eigenvalue weighted by Gasteiger charge is 2.64. The first-order valence-electron chi connectivity index (χ1n) is 7.58. The summed E-state index contributed by atoms with van der Waals surface area (Å²) < 4.78 is 44.3. The van der Waals surface area contributed by atoms with E-state index >= 15 is 0 Å². The largest absolute Gasteiger partial charge is 0.459 e. The maximum atomic E-state index is 13.3. The first kappa shape index (κ1) is 17.7. The lowest BCUT2D eigenvalue weighted by Crippen LogP contribution is -2.58. The summed E-state index contributed by atoms with van der Waals surface area (Å²) in [4.78, 5) is 23.4. The van der Waals surface area contributed by atoms with Crippen LogP contribution in [0.2, 0.25) is 0 Å². The molecule has 0 aromatic rings. The maximum Gasteiger partial charge on any atom is 0.438 e. The zero-order valence-electron chi connectivity index (χ0n) is 12.7. The van der Waals surface area contributed by atoms with Gasteiger partial charge in [-0.05, 0) is 25.7 Å². The van der Waals surface area contributed by atoms with Gasteiger partial charge in [0.2, 0.25) is 0 Å². The molecule has 130 valence electrons. The van der Waals surface area contributed by atoms with Gasteiger partial charge in [0, 0.05) is 12.1 Å². The molecule has 0 aromatic heterocycles. The van der Waals surface area contributed by atoms with Crippen LogP contribution in [0.15, 0.2) is 5.10 Å². The van der Waals surface area contributed by atoms with Crippen LogP contribution < -0.4 is 0 Å². The number of carbonyl (C=O) groups excluding carboxylic acids is 2. The van der Waals surface area contributed by atoms with Crippen molar-refractivity contribution in [2.24, 2.45) is 11.0 Å². The van der Waals surface area contributed by atoms with E-state index in [0.29, 0.717) is 12.8 Å². The van der Waals surface area contributed by atoms with E-state index in [4.69, 9.17) is 0 Å². The topological polar surface area (TPSA) is 79.2 Å². The number of aliphatic hydroxyl groups is 1. The fraction of sp³-hybridized carbons (Fsp3) is 0.786. The van der Waals surface area contributed by atoms with E-state index in [9.17, 15) is 27.9 Å². The number of rotatable bonds is 2. The number of esters is 1. The number of hydrogen-bond acceptors (Lipinski definition) is 5. The van der Waals surface area contributed by atoms with Gasteiger partial charge in [0.15, 0.2) is 0 Å². The Morgan fingerprint density at radius 3 is 2.48 bits per heavy atom. The molecule has 2 aliphatic rings. The molecule has 1 unspecified atom stereocenters. The zero-order chi connectivity index (χ0) is 17.3. The van der Waals surface area contributed by atoms with Gasteiger partial charge in [0.25, 0.3) is 5.72 Å². The van der Waals surface area contributed by atoms with Crippen LogP contribution in [0.5, 0.6) is 0 Å². The van der Waals surface area contributed by atoms with Gasteiger partial charge < -0.3 is 9.84 Å². The van der Waals surface area contributed by atoms with Crippen LogP contribution in [0.25, 0.3) is 0 Å². The van der Waals surface area contributed by atoms with Crippen LogP contribution in [0.4, 0.5) is 13.2 Å². The highest BCUT2D eigenvalue weighted by Crippen LogP contribution is 2.43. The molecule has 6 nitrogen and oxygen atoms in total. The average molecular weight is 336 g/mol. The summed E-state index contributed by atoms with van der Waals surface area (Å²) in [5.41, 5.74) is -3.38. The van der Waals surface area contributed by atoms with Gasteiger partial charge in [-0.25, -0.2) is 4.79 Å². The van der Waals surface area contributed by atoms with Crippen molar-refractivity contribution in [2.75, 3.05) is 6.61 Å². The predicted octanol–water partition coefficient (Wildman–Crippen LogP) is 1.97. The van der Waals surface area contributed by atoms with Crippen LogP contribution in [0, 0.1) is 5.92 Å². The van der Waals surface area contributed by atoms with E-state index in [1.165, 1.54) is 6.92 Å². The van der Waals surface area contributed by atoms with E-state index in [-0.39, 0.29) is 23.2 Å². The Morgan fingerprint density at radius 2 is 1.96 bits per heavy atom. The summed E-state index contributed by atoms with van der Waals surface area (Å²) in [5.74, 6) is -3.29. The smallest absolute Gasteiger partial charge is 0.438 e. The van der Waals surface area contributed by atoms with Gasteiger partial charge in [-0.2, -0.15) is 23.3 Å². The Kier molecular flexibility index (Phi) is 4.98. The minimum absolute atomic E-state index is 0.113. The van der Waals surface area contributed by atoms with E-state index < -0.39 is 30.2 Å². The van der Waals surface area contributed by atoms with Gasteiger partial charge in [0.05, 0.1) is 6.61 Å². The molecule has 23 heavy (non-hydrogen) atoms. The van der Waals surface area contributed by atoms with Crippen LogP contribution in [0.3, 0.4) is 0 Å². The number of hydrogen-bond donors (Lipinski definition) is 1. The molecule has 1 heterocycles. The summed E-state index contributed by atoms with van der Waals surface area (Å²) in [6.07, 6.45) is -1.91. The second-order valence-electron chi connectivity index (χ2n) is 5.75. The Bertz CT molecular complexity index is 515. The van der Waals surface area contributed by atoms with E-state index in [1.54, 1.807) is 0 Å². The minimum Gasteiger partial charge on any atom is -0.459 e. The standard InChI is InChI=1S/C14H19F3N2O4/c1-2-23-12(21)11(20)19-13(22,14(15,16)17)8-10(18-19)9-6-4-3-5-7-9/h9,22H,2-8H2,1H3. The van der Waals surface area contributed by atoms with Crippen molar-refractivity contribution < 1.29 is 32.6 Å². The molecule has 1 aliphatic carbocycles. The maximum absolute atomic E-state index is 13.3. The lowest BCUT2D eigenvalue weighted by molar-refractivity contribution is -0.302. The second kappa shape index (κ2) is 6.46. The summed E-state index contributed by atoms with van der Waals surface area (Å²) in [6, 6.07) is 0. The summed E-state index contributed by atoms with van der Waals surface area (Å²) in [6.45, 7) is 1.25. The molecule has 1 amide bonds. The summed E-state index contributed by atoms with van der Waals surface area (Å²) in [7, 11) is 0. The molecule has 1 atom stereocenters. The third-order valence-electron chi connectivity index (χ3n) is 4.18. The molecular formula is C14H19F3N2O4. The lowest BCUT2D eigenvalue weighted by Gasteiger charge is -2.32.